The third-order valence-corrected chi connectivity index (χ3v) is 4.26. The average molecular weight is 452 g/mol. The van der Waals surface area contributed by atoms with Crippen LogP contribution in [0.25, 0.3) is 6.08 Å². The smallest absolute Gasteiger partial charge is 0.262 e. The summed E-state index contributed by atoms with van der Waals surface area (Å²) < 4.78 is 19.5. The van der Waals surface area contributed by atoms with Crippen LogP contribution < -0.4 is 10.1 Å². The molecule has 0 aliphatic heterocycles. The summed E-state index contributed by atoms with van der Waals surface area (Å²) in [6.45, 7) is 3.77. The number of nitrogens with zero attached hydrogens (tertiary/aromatic N) is 1. The Morgan fingerprint density at radius 1 is 1.41 bits per heavy atom. The van der Waals surface area contributed by atoms with Crippen molar-refractivity contribution in [3.8, 4) is 11.8 Å². The van der Waals surface area contributed by atoms with E-state index in [1.807, 2.05) is 19.9 Å². The fourth-order valence-electron chi connectivity index (χ4n) is 2.24. The van der Waals surface area contributed by atoms with Crippen LogP contribution in [0.2, 0.25) is 5.02 Å². The van der Waals surface area contributed by atoms with Gasteiger partial charge in [-0.2, -0.15) is 5.26 Å². The molecule has 2 aromatic carbocycles. The van der Waals surface area contributed by atoms with Crippen molar-refractivity contribution in [2.75, 3.05) is 0 Å². The third-order valence-electron chi connectivity index (χ3n) is 3.39. The molecule has 0 atom stereocenters. The number of halogens is 3. The van der Waals surface area contributed by atoms with Gasteiger partial charge in [-0.15, -0.1) is 0 Å². The number of benzene rings is 2. The summed E-state index contributed by atoms with van der Waals surface area (Å²) in [7, 11) is 0. The minimum absolute atomic E-state index is 0.0277. The van der Waals surface area contributed by atoms with Gasteiger partial charge < -0.3 is 10.1 Å². The van der Waals surface area contributed by atoms with Gasteiger partial charge in [0.05, 0.1) is 9.50 Å². The lowest BCUT2D eigenvalue weighted by atomic mass is 10.1. The van der Waals surface area contributed by atoms with Crippen molar-refractivity contribution in [3.05, 3.63) is 68.4 Å². The normalized spacial score (nSPS) is 11.2. The van der Waals surface area contributed by atoms with Gasteiger partial charge >= 0.3 is 0 Å². The number of carbonyl (C=O) groups is 1. The van der Waals surface area contributed by atoms with E-state index in [9.17, 15) is 14.4 Å². The summed E-state index contributed by atoms with van der Waals surface area (Å²) in [6.07, 6.45) is 1.45. The van der Waals surface area contributed by atoms with Crippen LogP contribution in [0.1, 0.15) is 25.0 Å². The van der Waals surface area contributed by atoms with Gasteiger partial charge in [0.15, 0.2) is 5.75 Å². The number of hydrogen-bond donors (Lipinski definition) is 1. The Bertz CT molecular complexity index is 899. The molecule has 0 heterocycles. The van der Waals surface area contributed by atoms with Crippen LogP contribution in [0.5, 0.6) is 5.75 Å². The number of ether oxygens (including phenoxy) is 1. The molecule has 0 radical (unpaired) electrons. The molecule has 2 rings (SSSR count). The first-order valence-corrected chi connectivity index (χ1v) is 9.26. The lowest BCUT2D eigenvalue weighted by Gasteiger charge is -2.12. The molecule has 0 aliphatic rings. The zero-order valence-electron chi connectivity index (χ0n) is 14.7. The molecule has 0 fully saturated rings. The minimum atomic E-state index is -0.453. The van der Waals surface area contributed by atoms with Crippen molar-refractivity contribution in [3.63, 3.8) is 0 Å². The van der Waals surface area contributed by atoms with Crippen LogP contribution >= 0.6 is 27.5 Å². The molecule has 1 N–H and O–H groups in total. The molecular weight excluding hydrogens is 435 g/mol. The summed E-state index contributed by atoms with van der Waals surface area (Å²) in [5.41, 5.74) is 1.21. The average Bonchev–Trinajstić information content (AvgIpc) is 2.58. The SMILES string of the molecule is CC(C)NC(=O)/C(C#N)=C\c1cc(Cl)c(OCc2cccc(F)c2)c(Br)c1. The maximum Gasteiger partial charge on any atom is 0.262 e. The molecule has 0 unspecified atom stereocenters. The molecule has 0 bridgehead atoms. The molecule has 0 aromatic heterocycles. The Hall–Kier alpha value is -2.36. The van der Waals surface area contributed by atoms with Crippen LogP contribution in [-0.4, -0.2) is 11.9 Å². The Balaban J connectivity index is 2.21. The predicted octanol–water partition coefficient (Wildman–Crippen LogP) is 5.25. The number of rotatable bonds is 6. The highest BCUT2D eigenvalue weighted by Crippen LogP contribution is 2.35. The van der Waals surface area contributed by atoms with Crippen LogP contribution in [-0.2, 0) is 11.4 Å². The van der Waals surface area contributed by atoms with Gasteiger partial charge in [0.25, 0.3) is 5.91 Å². The van der Waals surface area contributed by atoms with Crippen molar-refractivity contribution in [1.82, 2.24) is 5.32 Å². The lowest BCUT2D eigenvalue weighted by molar-refractivity contribution is -0.117. The van der Waals surface area contributed by atoms with Gasteiger partial charge in [-0.05, 0) is 71.2 Å². The first-order valence-electron chi connectivity index (χ1n) is 8.09. The van der Waals surface area contributed by atoms with Gasteiger partial charge in [0.2, 0.25) is 0 Å². The van der Waals surface area contributed by atoms with Crippen LogP contribution in [0.3, 0.4) is 0 Å². The molecule has 0 spiro atoms. The highest BCUT2D eigenvalue weighted by molar-refractivity contribution is 9.10. The first-order chi connectivity index (χ1) is 12.8. The summed E-state index contributed by atoms with van der Waals surface area (Å²) >= 11 is 9.66. The second kappa shape index (κ2) is 9.54. The maximum absolute atomic E-state index is 13.2. The van der Waals surface area contributed by atoms with E-state index in [4.69, 9.17) is 16.3 Å². The zero-order chi connectivity index (χ0) is 20.0. The molecule has 4 nitrogen and oxygen atoms in total. The Morgan fingerprint density at radius 2 is 2.15 bits per heavy atom. The van der Waals surface area contributed by atoms with E-state index in [0.717, 1.165) is 0 Å². The molecule has 27 heavy (non-hydrogen) atoms. The van der Waals surface area contributed by atoms with Gasteiger partial charge in [-0.25, -0.2) is 4.39 Å². The van der Waals surface area contributed by atoms with Crippen molar-refractivity contribution in [2.24, 2.45) is 0 Å². The number of hydrogen-bond acceptors (Lipinski definition) is 3. The van der Waals surface area contributed by atoms with Crippen molar-refractivity contribution in [1.29, 1.82) is 5.26 Å². The standard InChI is InChI=1S/C20H17BrClFN2O2/c1-12(2)25-20(26)15(10-24)6-14-8-17(21)19(18(22)9-14)27-11-13-4-3-5-16(23)7-13/h3-9,12H,11H2,1-2H3,(H,25,26)/b15-6-. The predicted molar refractivity (Wildman–Crippen MR) is 107 cm³/mol. The largest absolute Gasteiger partial charge is 0.486 e. The van der Waals surface area contributed by atoms with E-state index in [2.05, 4.69) is 21.2 Å². The Labute approximate surface area is 170 Å². The maximum atomic E-state index is 13.2. The summed E-state index contributed by atoms with van der Waals surface area (Å²) in [5.74, 6) is -0.403. The number of nitrogens with one attached hydrogen (secondary N) is 1. The van der Waals surface area contributed by atoms with Crippen molar-refractivity contribution < 1.29 is 13.9 Å². The van der Waals surface area contributed by atoms with Crippen molar-refractivity contribution >= 4 is 39.5 Å². The van der Waals surface area contributed by atoms with Crippen LogP contribution in [0.4, 0.5) is 4.39 Å². The molecule has 7 heteroatoms. The van der Waals surface area contributed by atoms with Crippen molar-refractivity contribution in [2.45, 2.75) is 26.5 Å². The highest BCUT2D eigenvalue weighted by Gasteiger charge is 2.13. The van der Waals surface area contributed by atoms with E-state index in [1.54, 1.807) is 24.3 Å². The second-order valence-electron chi connectivity index (χ2n) is 6.03. The van der Waals surface area contributed by atoms with Crippen LogP contribution in [0, 0.1) is 17.1 Å². The second-order valence-corrected chi connectivity index (χ2v) is 7.29. The number of amides is 1. The van der Waals surface area contributed by atoms with E-state index in [1.165, 1.54) is 18.2 Å². The van der Waals surface area contributed by atoms with E-state index in [0.29, 0.717) is 26.4 Å². The molecule has 1 amide bonds. The van der Waals surface area contributed by atoms with Gasteiger partial charge in [0.1, 0.15) is 24.1 Å². The lowest BCUT2D eigenvalue weighted by Crippen LogP contribution is -2.30. The minimum Gasteiger partial charge on any atom is -0.486 e. The van der Waals surface area contributed by atoms with Gasteiger partial charge in [0, 0.05) is 6.04 Å². The Kier molecular flexibility index (Phi) is 7.40. The molecule has 140 valence electrons. The monoisotopic (exact) mass is 450 g/mol. The summed E-state index contributed by atoms with van der Waals surface area (Å²) in [5, 5.41) is 12.2. The summed E-state index contributed by atoms with van der Waals surface area (Å²) in [6, 6.07) is 11.2. The van der Waals surface area contributed by atoms with Gasteiger partial charge in [-0.3, -0.25) is 4.79 Å². The molecular formula is C20H17BrClFN2O2. The van der Waals surface area contributed by atoms with E-state index < -0.39 is 5.91 Å². The molecule has 2 aromatic rings. The third kappa shape index (κ3) is 6.09. The Morgan fingerprint density at radius 3 is 2.74 bits per heavy atom. The number of nitriles is 1. The molecule has 0 saturated heterocycles. The quantitative estimate of drug-likeness (QED) is 0.482. The van der Waals surface area contributed by atoms with E-state index in [-0.39, 0.29) is 24.0 Å². The first kappa shape index (κ1) is 20.9. The molecule has 0 saturated carbocycles. The topological polar surface area (TPSA) is 62.1 Å². The number of carbonyl (C=O) groups excluding carboxylic acids is 1. The fourth-order valence-corrected chi connectivity index (χ4v) is 3.23. The fraction of sp³-hybridized carbons (Fsp3) is 0.200. The zero-order valence-corrected chi connectivity index (χ0v) is 17.1. The summed E-state index contributed by atoms with van der Waals surface area (Å²) in [4.78, 5) is 12.0. The van der Waals surface area contributed by atoms with Crippen LogP contribution in [0.15, 0.2) is 46.4 Å². The highest BCUT2D eigenvalue weighted by atomic mass is 79.9. The van der Waals surface area contributed by atoms with E-state index >= 15 is 0 Å². The molecule has 0 aliphatic carbocycles. The van der Waals surface area contributed by atoms with Gasteiger partial charge in [-0.1, -0.05) is 23.7 Å².